The first kappa shape index (κ1) is 25.3. The minimum atomic E-state index is -1.02. The van der Waals surface area contributed by atoms with Crippen molar-refractivity contribution in [3.05, 3.63) is 98.0 Å². The molecule has 0 saturated heterocycles. The Kier molecular flexibility index (Phi) is 8.13. The molecule has 0 saturated carbocycles. The van der Waals surface area contributed by atoms with Crippen molar-refractivity contribution in [2.24, 2.45) is 5.10 Å². The largest absolute Gasteiger partial charge is 0.423 e. The highest BCUT2D eigenvalue weighted by Crippen LogP contribution is 2.29. The molecule has 3 rings (SSSR count). The first-order valence-corrected chi connectivity index (χ1v) is 10.6. The number of anilines is 1. The van der Waals surface area contributed by atoms with Crippen LogP contribution in [0, 0.1) is 10.1 Å². The number of amides is 2. The zero-order valence-corrected chi connectivity index (χ0v) is 19.5. The number of nitro groups is 1. The zero-order valence-electron chi connectivity index (χ0n) is 18.0. The molecule has 3 aromatic carbocycles. The lowest BCUT2D eigenvalue weighted by Gasteiger charge is -2.08. The number of hydrogen-bond donors (Lipinski definition) is 2. The van der Waals surface area contributed by atoms with Gasteiger partial charge in [0.05, 0.1) is 31.9 Å². The Morgan fingerprint density at radius 1 is 0.914 bits per heavy atom. The van der Waals surface area contributed by atoms with Gasteiger partial charge in [-0.05, 0) is 61.0 Å². The van der Waals surface area contributed by atoms with Gasteiger partial charge in [-0.3, -0.25) is 19.7 Å². The van der Waals surface area contributed by atoms with Crippen LogP contribution in [0.5, 0.6) is 5.75 Å². The molecule has 0 aliphatic rings. The predicted molar refractivity (Wildman–Crippen MR) is 130 cm³/mol. The number of benzene rings is 3. The summed E-state index contributed by atoms with van der Waals surface area (Å²) in [4.78, 5) is 46.5. The van der Waals surface area contributed by atoms with E-state index < -0.39 is 22.7 Å². The number of nitro benzene ring substituents is 1. The number of halogens is 2. The topological polar surface area (TPSA) is 140 Å². The minimum absolute atomic E-state index is 0.101. The van der Waals surface area contributed by atoms with Crippen LogP contribution in [0.2, 0.25) is 10.0 Å². The van der Waals surface area contributed by atoms with Gasteiger partial charge in [-0.15, -0.1) is 0 Å². The zero-order chi connectivity index (χ0) is 25.5. The van der Waals surface area contributed by atoms with E-state index in [0.29, 0.717) is 11.3 Å². The normalized spacial score (nSPS) is 10.9. The summed E-state index contributed by atoms with van der Waals surface area (Å²) in [6.07, 6.45) is 0. The van der Waals surface area contributed by atoms with Gasteiger partial charge in [-0.25, -0.2) is 10.2 Å². The number of hydrogen-bond acceptors (Lipinski definition) is 7. The summed E-state index contributed by atoms with van der Waals surface area (Å²) in [5.41, 5.74) is 3.29. The maximum atomic E-state index is 12.2. The predicted octanol–water partition coefficient (Wildman–Crippen LogP) is 4.60. The van der Waals surface area contributed by atoms with E-state index >= 15 is 0 Å². The SMILES string of the molecule is C/C(=N\NC(=O)C(=O)Nc1cccc(Cl)c1Cl)c1ccc(OC(=O)c2ccc([N+](=O)[O-])cc2)cc1. The van der Waals surface area contributed by atoms with Crippen LogP contribution in [0.4, 0.5) is 11.4 Å². The Hall–Kier alpha value is -4.28. The molecule has 2 amide bonds. The lowest BCUT2D eigenvalue weighted by atomic mass is 10.1. The van der Waals surface area contributed by atoms with Gasteiger partial charge in [0, 0.05) is 12.1 Å². The number of rotatable bonds is 6. The number of esters is 1. The maximum Gasteiger partial charge on any atom is 0.343 e. The minimum Gasteiger partial charge on any atom is -0.423 e. The van der Waals surface area contributed by atoms with Crippen molar-refractivity contribution in [1.82, 2.24) is 5.43 Å². The molecule has 0 aliphatic carbocycles. The molecule has 178 valence electrons. The van der Waals surface area contributed by atoms with E-state index in [-0.39, 0.29) is 32.7 Å². The Morgan fingerprint density at radius 3 is 2.17 bits per heavy atom. The third-order valence-corrected chi connectivity index (χ3v) is 5.35. The number of carbonyl (C=O) groups is 3. The van der Waals surface area contributed by atoms with Crippen molar-refractivity contribution >= 4 is 58.1 Å². The first-order chi connectivity index (χ1) is 16.7. The van der Waals surface area contributed by atoms with Gasteiger partial charge in [0.2, 0.25) is 0 Å². The van der Waals surface area contributed by atoms with Gasteiger partial charge in [-0.1, -0.05) is 29.3 Å². The number of nitrogens with zero attached hydrogens (tertiary/aromatic N) is 2. The molecule has 0 bridgehead atoms. The van der Waals surface area contributed by atoms with Crippen LogP contribution in [0.15, 0.2) is 71.8 Å². The Labute approximate surface area is 208 Å². The van der Waals surface area contributed by atoms with Crippen LogP contribution >= 0.6 is 23.2 Å². The molecule has 3 aromatic rings. The lowest BCUT2D eigenvalue weighted by Crippen LogP contribution is -2.33. The summed E-state index contributed by atoms with van der Waals surface area (Å²) in [5.74, 6) is -2.46. The van der Waals surface area contributed by atoms with E-state index in [2.05, 4.69) is 15.8 Å². The molecular weight excluding hydrogens is 499 g/mol. The van der Waals surface area contributed by atoms with Crippen molar-refractivity contribution in [3.8, 4) is 5.75 Å². The smallest absolute Gasteiger partial charge is 0.343 e. The maximum absolute atomic E-state index is 12.2. The molecule has 10 nitrogen and oxygen atoms in total. The Bertz CT molecular complexity index is 1320. The summed E-state index contributed by atoms with van der Waals surface area (Å²) >= 11 is 11.9. The summed E-state index contributed by atoms with van der Waals surface area (Å²) in [6.45, 7) is 1.60. The Morgan fingerprint density at radius 2 is 1.54 bits per heavy atom. The molecule has 35 heavy (non-hydrogen) atoms. The van der Waals surface area contributed by atoms with Gasteiger partial charge in [0.25, 0.3) is 5.69 Å². The highest BCUT2D eigenvalue weighted by Gasteiger charge is 2.16. The molecule has 0 heterocycles. The van der Waals surface area contributed by atoms with Crippen molar-refractivity contribution in [3.63, 3.8) is 0 Å². The van der Waals surface area contributed by atoms with Crippen molar-refractivity contribution in [2.75, 3.05) is 5.32 Å². The second-order valence-corrected chi connectivity index (χ2v) is 7.70. The number of carbonyl (C=O) groups excluding carboxylic acids is 3. The van der Waals surface area contributed by atoms with Crippen molar-refractivity contribution in [2.45, 2.75) is 6.92 Å². The van der Waals surface area contributed by atoms with Crippen LogP contribution in [0.1, 0.15) is 22.8 Å². The first-order valence-electron chi connectivity index (χ1n) is 9.82. The highest BCUT2D eigenvalue weighted by molar-refractivity contribution is 6.45. The molecule has 0 aliphatic heterocycles. The molecule has 0 unspecified atom stereocenters. The van der Waals surface area contributed by atoms with Gasteiger partial charge in [-0.2, -0.15) is 5.10 Å². The van der Waals surface area contributed by atoms with Crippen LogP contribution < -0.4 is 15.5 Å². The van der Waals surface area contributed by atoms with E-state index in [4.69, 9.17) is 27.9 Å². The van der Waals surface area contributed by atoms with Crippen LogP contribution in [0.3, 0.4) is 0 Å². The van der Waals surface area contributed by atoms with Crippen molar-refractivity contribution in [1.29, 1.82) is 0 Å². The summed E-state index contributed by atoms with van der Waals surface area (Å²) in [6, 6.07) is 15.8. The molecule has 0 fully saturated rings. The molecule has 0 atom stereocenters. The van der Waals surface area contributed by atoms with E-state index in [9.17, 15) is 24.5 Å². The monoisotopic (exact) mass is 514 g/mol. The van der Waals surface area contributed by atoms with E-state index in [0.717, 1.165) is 0 Å². The van der Waals surface area contributed by atoms with Crippen LogP contribution in [0.25, 0.3) is 0 Å². The third-order valence-electron chi connectivity index (χ3n) is 4.53. The molecular formula is C23H16Cl2N4O6. The second kappa shape index (κ2) is 11.2. The number of hydrazone groups is 1. The summed E-state index contributed by atoms with van der Waals surface area (Å²) in [5, 5.41) is 17.3. The van der Waals surface area contributed by atoms with E-state index in [1.807, 2.05) is 0 Å². The Balaban J connectivity index is 1.58. The van der Waals surface area contributed by atoms with E-state index in [1.165, 1.54) is 48.5 Å². The van der Waals surface area contributed by atoms with Crippen LogP contribution in [-0.2, 0) is 9.59 Å². The third kappa shape index (κ3) is 6.62. The van der Waals surface area contributed by atoms with Crippen molar-refractivity contribution < 1.29 is 24.0 Å². The average Bonchev–Trinajstić information content (AvgIpc) is 2.85. The number of nitrogens with one attached hydrogen (secondary N) is 2. The fourth-order valence-corrected chi connectivity index (χ4v) is 3.03. The molecule has 0 radical (unpaired) electrons. The molecule has 0 aromatic heterocycles. The molecule has 2 N–H and O–H groups in total. The number of non-ortho nitro benzene ring substituents is 1. The fraction of sp³-hybridized carbons (Fsp3) is 0.0435. The summed E-state index contributed by atoms with van der Waals surface area (Å²) < 4.78 is 5.25. The molecule has 12 heteroatoms. The fourth-order valence-electron chi connectivity index (χ4n) is 2.68. The van der Waals surface area contributed by atoms with Gasteiger partial charge in [0.1, 0.15) is 5.75 Å². The van der Waals surface area contributed by atoms with Gasteiger partial charge >= 0.3 is 17.8 Å². The van der Waals surface area contributed by atoms with Crippen LogP contribution in [-0.4, -0.2) is 28.4 Å². The van der Waals surface area contributed by atoms with E-state index in [1.54, 1.807) is 25.1 Å². The highest BCUT2D eigenvalue weighted by atomic mass is 35.5. The number of ether oxygens (including phenoxy) is 1. The summed E-state index contributed by atoms with van der Waals surface area (Å²) in [7, 11) is 0. The quantitative estimate of drug-likeness (QED) is 0.123. The lowest BCUT2D eigenvalue weighted by molar-refractivity contribution is -0.384. The second-order valence-electron chi connectivity index (χ2n) is 6.91. The average molecular weight is 515 g/mol. The standard InChI is InChI=1S/C23H16Cl2N4O6/c1-13(27-28-22(31)21(30)26-19-4-2-3-18(24)20(19)25)14-7-11-17(12-8-14)35-23(32)15-5-9-16(10-6-15)29(33)34/h2-12H,1H3,(H,26,30)(H,28,31)/b27-13+. The van der Waals surface area contributed by atoms with Gasteiger partial charge in [0.15, 0.2) is 0 Å². The molecule has 0 spiro atoms. The van der Waals surface area contributed by atoms with Gasteiger partial charge < -0.3 is 10.1 Å².